The van der Waals surface area contributed by atoms with Crippen LogP contribution < -0.4 is 10.1 Å². The van der Waals surface area contributed by atoms with Gasteiger partial charge in [0.2, 0.25) is 0 Å². The van der Waals surface area contributed by atoms with Gasteiger partial charge in [-0.15, -0.1) is 10.2 Å². The minimum absolute atomic E-state index is 0.0364. The number of pyridine rings is 1. The molecule has 12 nitrogen and oxygen atoms in total. The summed E-state index contributed by atoms with van der Waals surface area (Å²) < 4.78 is 98.4. The average molecular weight is 794 g/mol. The summed E-state index contributed by atoms with van der Waals surface area (Å²) in [6.07, 6.45) is -3.04. The number of nitrogens with one attached hydrogen (secondary N) is 1. The van der Waals surface area contributed by atoms with Crippen molar-refractivity contribution in [1.82, 2.24) is 24.9 Å². The smallest absolute Gasteiger partial charge is 0.475 e. The zero-order valence-corrected chi connectivity index (χ0v) is 32.7. The minimum Gasteiger partial charge on any atom is -0.488 e. The Kier molecular flexibility index (Phi) is 12.1. The lowest BCUT2D eigenvalue weighted by Crippen LogP contribution is -2.44. The van der Waals surface area contributed by atoms with E-state index in [0.717, 1.165) is 29.7 Å². The maximum atomic E-state index is 15.5. The zero-order valence-electron chi connectivity index (χ0n) is 30.3. The second-order valence-electron chi connectivity index (χ2n) is 14.7. The Balaban J connectivity index is 1.55. The normalized spacial score (nSPS) is 13.8. The van der Waals surface area contributed by atoms with Gasteiger partial charge in [-0.2, -0.15) is 13.2 Å². The number of halogens is 5. The first-order valence-electron chi connectivity index (χ1n) is 15.9. The van der Waals surface area contributed by atoms with E-state index in [4.69, 9.17) is 34.6 Å². The molecule has 3 aromatic heterocycles. The number of hydrogen-bond acceptors (Lipinski definition) is 11. The molecule has 19 heteroatoms. The number of nitrogens with zero attached hydrogens (tertiary/aromatic N) is 4. The molecule has 0 saturated heterocycles. The molecule has 1 aromatic carbocycles. The largest absolute Gasteiger partial charge is 0.488 e. The van der Waals surface area contributed by atoms with Gasteiger partial charge in [0.1, 0.15) is 28.6 Å². The van der Waals surface area contributed by atoms with Gasteiger partial charge in [0.05, 0.1) is 34.4 Å². The van der Waals surface area contributed by atoms with Crippen molar-refractivity contribution in [3.63, 3.8) is 0 Å². The molecule has 0 spiro atoms. The van der Waals surface area contributed by atoms with Gasteiger partial charge in [0.25, 0.3) is 0 Å². The number of alkyl carbamates (subject to hydrolysis) is 1. The highest BCUT2D eigenvalue weighted by Crippen LogP contribution is 2.55. The second-order valence-corrected chi connectivity index (χ2v) is 17.6. The third-order valence-electron chi connectivity index (χ3n) is 6.32. The average Bonchev–Trinajstić information content (AvgIpc) is 3.60. The first-order chi connectivity index (χ1) is 23.7. The van der Waals surface area contributed by atoms with Crippen LogP contribution in [0.2, 0.25) is 5.02 Å². The highest BCUT2D eigenvalue weighted by molar-refractivity contribution is 7.48. The van der Waals surface area contributed by atoms with Crippen molar-refractivity contribution < 1.29 is 50.0 Å². The van der Waals surface area contributed by atoms with Gasteiger partial charge in [-0.1, -0.05) is 22.9 Å². The molecule has 0 aliphatic rings. The van der Waals surface area contributed by atoms with Gasteiger partial charge in [0, 0.05) is 24.0 Å². The molecule has 0 aliphatic carbocycles. The molecule has 4 rings (SSSR count). The fraction of sp³-hybridized carbons (Fsp3) is 0.515. The summed E-state index contributed by atoms with van der Waals surface area (Å²) in [6.45, 7) is 15.7. The summed E-state index contributed by atoms with van der Waals surface area (Å²) in [5.41, 5.74) is -2.47. The predicted octanol–water partition coefficient (Wildman–Crippen LogP) is 9.67. The predicted molar refractivity (Wildman–Crippen MR) is 188 cm³/mol. The minimum atomic E-state index is -4.54. The number of phosphoric ester groups is 1. The highest BCUT2D eigenvalue weighted by atomic mass is 35.5. The van der Waals surface area contributed by atoms with Crippen LogP contribution in [0.5, 0.6) is 5.75 Å². The van der Waals surface area contributed by atoms with Crippen molar-refractivity contribution in [2.45, 2.75) is 98.3 Å². The fourth-order valence-electron chi connectivity index (χ4n) is 4.48. The highest BCUT2D eigenvalue weighted by Gasteiger charge is 2.38. The fourth-order valence-corrected chi connectivity index (χ4v) is 7.46. The Bertz CT molecular complexity index is 1950. The Morgan fingerprint density at radius 3 is 2.13 bits per heavy atom. The number of imidazole rings is 1. The maximum absolute atomic E-state index is 15.5. The number of amides is 1. The third kappa shape index (κ3) is 11.6. The zero-order chi connectivity index (χ0) is 39.0. The Labute approximate surface area is 307 Å². The number of benzene rings is 1. The molecular weight excluding hydrogens is 753 g/mol. The lowest BCUT2D eigenvalue weighted by Gasteiger charge is -2.32. The van der Waals surface area contributed by atoms with Crippen LogP contribution in [-0.2, 0) is 29.0 Å². The van der Waals surface area contributed by atoms with Gasteiger partial charge in [0.15, 0.2) is 16.6 Å². The van der Waals surface area contributed by atoms with Crippen molar-refractivity contribution in [3.8, 4) is 27.0 Å². The number of carbonyl (C=O) groups excluding carboxylic acids is 1. The molecule has 0 radical (unpaired) electrons. The summed E-state index contributed by atoms with van der Waals surface area (Å²) in [5, 5.41) is 11.3. The van der Waals surface area contributed by atoms with Gasteiger partial charge < -0.3 is 19.2 Å². The summed E-state index contributed by atoms with van der Waals surface area (Å²) >= 11 is 7.54. The van der Waals surface area contributed by atoms with E-state index in [9.17, 15) is 22.5 Å². The number of rotatable bonds is 11. The van der Waals surface area contributed by atoms with E-state index in [1.54, 1.807) is 62.3 Å². The van der Waals surface area contributed by atoms with Crippen LogP contribution in [-0.4, -0.2) is 61.7 Å². The topological polar surface area (TPSA) is 135 Å². The summed E-state index contributed by atoms with van der Waals surface area (Å²) in [5.74, 6) is -1.13. The Hall–Kier alpha value is -3.34. The molecule has 1 N–H and O–H groups in total. The van der Waals surface area contributed by atoms with E-state index in [-0.39, 0.29) is 38.7 Å². The molecule has 286 valence electrons. The van der Waals surface area contributed by atoms with Gasteiger partial charge >= 0.3 is 20.1 Å². The van der Waals surface area contributed by atoms with Gasteiger partial charge in [-0.05, 0) is 86.9 Å². The molecule has 1 amide bonds. The van der Waals surface area contributed by atoms with Crippen molar-refractivity contribution in [3.05, 3.63) is 52.6 Å². The van der Waals surface area contributed by atoms with Crippen LogP contribution in [0.1, 0.15) is 73.4 Å². The van der Waals surface area contributed by atoms with Crippen LogP contribution in [0.3, 0.4) is 0 Å². The Morgan fingerprint density at radius 1 is 0.942 bits per heavy atom. The Morgan fingerprint density at radius 2 is 1.56 bits per heavy atom. The van der Waals surface area contributed by atoms with Crippen LogP contribution in [0, 0.1) is 12.7 Å². The van der Waals surface area contributed by atoms with Crippen molar-refractivity contribution in [2.24, 2.45) is 0 Å². The monoisotopic (exact) mass is 793 g/mol. The maximum Gasteiger partial charge on any atom is 0.475 e. The molecule has 52 heavy (non-hydrogen) atoms. The number of alkyl halides is 3. The van der Waals surface area contributed by atoms with E-state index in [1.807, 2.05) is 0 Å². The molecule has 4 aromatic rings. The van der Waals surface area contributed by atoms with Crippen LogP contribution in [0.25, 0.3) is 26.9 Å². The number of fused-ring (bicyclic) bond motifs is 1. The molecule has 0 saturated carbocycles. The van der Waals surface area contributed by atoms with Crippen LogP contribution in [0.15, 0.2) is 30.6 Å². The number of ether oxygens (including phenoxy) is 2. The molecule has 0 aliphatic heterocycles. The SMILES string of the molecule is Cc1cc(C(F)(F)F)cn2cc(-c3nnc(-c4cc(F)c(OCC(COP(=O)(OC(C)(C)C)OC(C)(C)C)NC(=O)OC(C)(C)C)cc4Cl)s3)nc12. The molecule has 1 unspecified atom stereocenters. The first kappa shape index (κ1) is 41.4. The number of carbonyl (C=O) groups is 1. The first-order valence-corrected chi connectivity index (χ1v) is 18.5. The van der Waals surface area contributed by atoms with E-state index in [2.05, 4.69) is 20.5 Å². The summed E-state index contributed by atoms with van der Waals surface area (Å²) in [6, 6.07) is 2.26. The van der Waals surface area contributed by atoms with Crippen molar-refractivity contribution in [2.75, 3.05) is 13.2 Å². The van der Waals surface area contributed by atoms with Crippen LogP contribution in [0.4, 0.5) is 22.4 Å². The van der Waals surface area contributed by atoms with Gasteiger partial charge in [-0.25, -0.2) is 18.7 Å². The standard InChI is InChI=1S/C33H41ClF4N5O7PS/c1-18-11-19(33(36,37)38)14-43-15-24(40-26(18)43)28-42-41-27(52-28)21-12-23(35)25(13-22(21)34)46-16-20(39-29(44)48-30(2,3)4)17-47-51(45,49-31(5,6)7)50-32(8,9)10/h11-15,20H,16-17H2,1-10H3,(H,39,44). The third-order valence-corrected chi connectivity index (χ3v) is 9.62. The van der Waals surface area contributed by atoms with Crippen molar-refractivity contribution >= 4 is 42.5 Å². The molecular formula is C33H41ClF4N5O7PS. The van der Waals surface area contributed by atoms with Crippen LogP contribution >= 0.6 is 30.8 Å². The quantitative estimate of drug-likeness (QED) is 0.116. The number of phosphoric acid groups is 1. The molecule has 1 atom stereocenters. The lowest BCUT2D eigenvalue weighted by molar-refractivity contribution is -0.137. The number of aryl methyl sites for hydroxylation is 1. The number of aromatic nitrogens is 4. The second kappa shape index (κ2) is 15.2. The van der Waals surface area contributed by atoms with Crippen molar-refractivity contribution in [1.29, 1.82) is 0 Å². The van der Waals surface area contributed by atoms with E-state index < -0.39 is 60.9 Å². The number of hydrogen-bond donors (Lipinski definition) is 1. The van der Waals surface area contributed by atoms with Gasteiger partial charge in [-0.3, -0.25) is 13.6 Å². The lowest BCUT2D eigenvalue weighted by atomic mass is 10.2. The van der Waals surface area contributed by atoms with E-state index in [1.165, 1.54) is 23.6 Å². The van der Waals surface area contributed by atoms with E-state index >= 15 is 4.39 Å². The summed E-state index contributed by atoms with van der Waals surface area (Å²) in [7, 11) is -4.20. The molecule has 3 heterocycles. The van der Waals surface area contributed by atoms with E-state index in [0.29, 0.717) is 11.2 Å². The molecule has 0 bridgehead atoms. The molecule has 0 fully saturated rings. The summed E-state index contributed by atoms with van der Waals surface area (Å²) in [4.78, 5) is 17.1.